The summed E-state index contributed by atoms with van der Waals surface area (Å²) < 4.78 is 26.1. The Bertz CT molecular complexity index is 534. The molecule has 2 rings (SSSR count). The molecule has 0 aliphatic rings. The summed E-state index contributed by atoms with van der Waals surface area (Å²) in [4.78, 5) is 0. The summed E-state index contributed by atoms with van der Waals surface area (Å²) in [5, 5.41) is 3.90. The van der Waals surface area contributed by atoms with E-state index < -0.39 is 11.6 Å². The molecule has 0 unspecified atom stereocenters. The number of hydrogen-bond donors (Lipinski definition) is 1. The van der Waals surface area contributed by atoms with Crippen LogP contribution in [0.2, 0.25) is 5.02 Å². The van der Waals surface area contributed by atoms with Gasteiger partial charge >= 0.3 is 0 Å². The average Bonchev–Trinajstić information content (AvgIpc) is 2.36. The molecule has 1 N–H and O–H groups in total. The van der Waals surface area contributed by atoms with Gasteiger partial charge in [0.25, 0.3) is 0 Å². The number of benzene rings is 2. The van der Waals surface area contributed by atoms with Gasteiger partial charge in [-0.3, -0.25) is 0 Å². The first kappa shape index (κ1) is 14.0. The van der Waals surface area contributed by atoms with Gasteiger partial charge in [0.05, 0.1) is 0 Å². The lowest BCUT2D eigenvalue weighted by Gasteiger charge is -2.14. The molecule has 1 nitrogen and oxygen atoms in total. The van der Waals surface area contributed by atoms with Crippen LogP contribution in [-0.2, 0) is 6.54 Å². The van der Waals surface area contributed by atoms with Crippen molar-refractivity contribution in [2.24, 2.45) is 0 Å². The molecule has 4 heteroatoms. The van der Waals surface area contributed by atoms with Crippen LogP contribution in [0.25, 0.3) is 0 Å². The standard InChI is InChI=1S/C15H14ClF2N/c1-10(12-2-4-13(16)5-3-12)19-9-11-6-14(17)8-15(18)7-11/h2-8,10,19H,9H2,1H3/t10-/m1/s1. The fourth-order valence-corrected chi connectivity index (χ4v) is 1.98. The van der Waals surface area contributed by atoms with Crippen molar-refractivity contribution in [2.45, 2.75) is 19.5 Å². The average molecular weight is 282 g/mol. The molecule has 1 atom stereocenters. The van der Waals surface area contributed by atoms with E-state index in [9.17, 15) is 8.78 Å². The van der Waals surface area contributed by atoms with Gasteiger partial charge in [0.15, 0.2) is 0 Å². The molecule has 0 heterocycles. The quantitative estimate of drug-likeness (QED) is 0.872. The molecule has 0 saturated heterocycles. The van der Waals surface area contributed by atoms with Crippen LogP contribution in [0.5, 0.6) is 0 Å². The molecular formula is C15H14ClF2N. The van der Waals surface area contributed by atoms with Crippen LogP contribution in [0, 0.1) is 11.6 Å². The summed E-state index contributed by atoms with van der Waals surface area (Å²) in [7, 11) is 0. The van der Waals surface area contributed by atoms with Crippen LogP contribution < -0.4 is 5.32 Å². The maximum atomic E-state index is 13.0. The first-order valence-corrected chi connectivity index (χ1v) is 6.36. The topological polar surface area (TPSA) is 12.0 Å². The highest BCUT2D eigenvalue weighted by atomic mass is 35.5. The number of hydrogen-bond acceptors (Lipinski definition) is 1. The summed E-state index contributed by atoms with van der Waals surface area (Å²) in [6.45, 7) is 2.39. The summed E-state index contributed by atoms with van der Waals surface area (Å²) in [5.74, 6) is -1.12. The minimum Gasteiger partial charge on any atom is -0.306 e. The van der Waals surface area contributed by atoms with Crippen molar-refractivity contribution in [1.29, 1.82) is 0 Å². The Kier molecular flexibility index (Phi) is 4.51. The van der Waals surface area contributed by atoms with Crippen LogP contribution in [0.15, 0.2) is 42.5 Å². The highest BCUT2D eigenvalue weighted by Crippen LogP contribution is 2.17. The number of rotatable bonds is 4. The van der Waals surface area contributed by atoms with Crippen LogP contribution in [0.3, 0.4) is 0 Å². The predicted octanol–water partition coefficient (Wildman–Crippen LogP) is 4.47. The smallest absolute Gasteiger partial charge is 0.126 e. The first-order valence-electron chi connectivity index (χ1n) is 5.98. The Balaban J connectivity index is 1.99. The zero-order chi connectivity index (χ0) is 13.8. The Morgan fingerprint density at radius 1 is 1.05 bits per heavy atom. The van der Waals surface area contributed by atoms with Crippen molar-refractivity contribution >= 4 is 11.6 Å². The van der Waals surface area contributed by atoms with E-state index in [0.717, 1.165) is 11.6 Å². The fourth-order valence-electron chi connectivity index (χ4n) is 1.85. The van der Waals surface area contributed by atoms with Gasteiger partial charge in [0.1, 0.15) is 11.6 Å². The highest BCUT2D eigenvalue weighted by Gasteiger charge is 2.06. The van der Waals surface area contributed by atoms with Gasteiger partial charge in [0, 0.05) is 23.7 Å². The Morgan fingerprint density at radius 3 is 2.21 bits per heavy atom. The SMILES string of the molecule is C[C@@H](NCc1cc(F)cc(F)c1)c1ccc(Cl)cc1. The zero-order valence-electron chi connectivity index (χ0n) is 10.5. The van der Waals surface area contributed by atoms with Crippen molar-refractivity contribution < 1.29 is 8.78 Å². The van der Waals surface area contributed by atoms with Crippen molar-refractivity contribution in [3.8, 4) is 0 Å². The normalized spacial score (nSPS) is 12.4. The molecule has 19 heavy (non-hydrogen) atoms. The largest absolute Gasteiger partial charge is 0.306 e. The molecule has 0 aliphatic heterocycles. The van der Waals surface area contributed by atoms with Gasteiger partial charge in [-0.05, 0) is 42.3 Å². The van der Waals surface area contributed by atoms with E-state index in [4.69, 9.17) is 11.6 Å². The molecule has 0 amide bonds. The van der Waals surface area contributed by atoms with E-state index in [2.05, 4.69) is 5.32 Å². The minimum absolute atomic E-state index is 0.0728. The van der Waals surface area contributed by atoms with Crippen molar-refractivity contribution in [3.05, 3.63) is 70.2 Å². The summed E-state index contributed by atoms with van der Waals surface area (Å²) in [5.41, 5.74) is 1.65. The van der Waals surface area contributed by atoms with Crippen molar-refractivity contribution in [1.82, 2.24) is 5.32 Å². The van der Waals surface area contributed by atoms with Crippen molar-refractivity contribution in [3.63, 3.8) is 0 Å². The van der Waals surface area contributed by atoms with Gasteiger partial charge in [-0.2, -0.15) is 0 Å². The molecular weight excluding hydrogens is 268 g/mol. The van der Waals surface area contributed by atoms with Gasteiger partial charge < -0.3 is 5.32 Å². The van der Waals surface area contributed by atoms with Crippen molar-refractivity contribution in [2.75, 3.05) is 0 Å². The van der Waals surface area contributed by atoms with Crippen LogP contribution in [0.1, 0.15) is 24.1 Å². The second-order valence-corrected chi connectivity index (χ2v) is 4.87. The third kappa shape index (κ3) is 4.01. The minimum atomic E-state index is -0.559. The van der Waals surface area contributed by atoms with Crippen LogP contribution in [0.4, 0.5) is 8.78 Å². The fraction of sp³-hybridized carbons (Fsp3) is 0.200. The van der Waals surface area contributed by atoms with Gasteiger partial charge in [0.2, 0.25) is 0 Å². The van der Waals surface area contributed by atoms with Gasteiger partial charge in [-0.1, -0.05) is 23.7 Å². The molecule has 2 aromatic carbocycles. The Hall–Kier alpha value is -1.45. The molecule has 0 aliphatic carbocycles. The van der Waals surface area contributed by atoms with E-state index in [1.807, 2.05) is 31.2 Å². The molecule has 100 valence electrons. The predicted molar refractivity (Wildman–Crippen MR) is 73.1 cm³/mol. The molecule has 2 aromatic rings. The lowest BCUT2D eigenvalue weighted by Crippen LogP contribution is -2.18. The van der Waals surface area contributed by atoms with E-state index in [1.165, 1.54) is 12.1 Å². The van der Waals surface area contributed by atoms with E-state index >= 15 is 0 Å². The number of halogens is 3. The monoisotopic (exact) mass is 281 g/mol. The second kappa shape index (κ2) is 6.13. The van der Waals surface area contributed by atoms with E-state index in [-0.39, 0.29) is 6.04 Å². The van der Waals surface area contributed by atoms with E-state index in [0.29, 0.717) is 17.1 Å². The summed E-state index contributed by atoms with van der Waals surface area (Å²) in [6, 6.07) is 11.1. The molecule has 0 aromatic heterocycles. The third-order valence-electron chi connectivity index (χ3n) is 2.90. The molecule has 0 bridgehead atoms. The molecule has 0 fully saturated rings. The molecule has 0 radical (unpaired) electrons. The van der Waals surface area contributed by atoms with Gasteiger partial charge in [-0.25, -0.2) is 8.78 Å². The highest BCUT2D eigenvalue weighted by molar-refractivity contribution is 6.30. The first-order chi connectivity index (χ1) is 9.04. The van der Waals surface area contributed by atoms with Crippen LogP contribution in [-0.4, -0.2) is 0 Å². The summed E-state index contributed by atoms with van der Waals surface area (Å²) >= 11 is 5.82. The maximum Gasteiger partial charge on any atom is 0.126 e. The Morgan fingerprint density at radius 2 is 1.63 bits per heavy atom. The zero-order valence-corrected chi connectivity index (χ0v) is 11.2. The lowest BCUT2D eigenvalue weighted by molar-refractivity contribution is 0.554. The van der Waals surface area contributed by atoms with Crippen LogP contribution >= 0.6 is 11.6 Å². The van der Waals surface area contributed by atoms with E-state index in [1.54, 1.807) is 0 Å². The number of nitrogens with one attached hydrogen (secondary N) is 1. The Labute approximate surface area is 116 Å². The molecule has 0 saturated carbocycles. The second-order valence-electron chi connectivity index (χ2n) is 4.43. The van der Waals surface area contributed by atoms with Gasteiger partial charge in [-0.15, -0.1) is 0 Å². The lowest BCUT2D eigenvalue weighted by atomic mass is 10.1. The third-order valence-corrected chi connectivity index (χ3v) is 3.16. The maximum absolute atomic E-state index is 13.0. The summed E-state index contributed by atoms with van der Waals surface area (Å²) in [6.07, 6.45) is 0. The molecule has 0 spiro atoms.